The Bertz CT molecular complexity index is 962. The molecular weight excluding hydrogens is 468 g/mol. The van der Waals surface area contributed by atoms with E-state index in [1.54, 1.807) is 36.3 Å². The Kier molecular flexibility index (Phi) is 7.55. The third-order valence-electron chi connectivity index (χ3n) is 5.41. The molecule has 8 heteroatoms. The van der Waals surface area contributed by atoms with Crippen LogP contribution in [0, 0.1) is 5.92 Å². The molecular formula is C22H27BrN2O4S. The van der Waals surface area contributed by atoms with Gasteiger partial charge in [0.15, 0.2) is 0 Å². The van der Waals surface area contributed by atoms with Crippen LogP contribution in [0.25, 0.3) is 0 Å². The van der Waals surface area contributed by atoms with Crippen molar-refractivity contribution in [3.05, 3.63) is 58.6 Å². The fourth-order valence-electron chi connectivity index (χ4n) is 3.67. The molecule has 0 aromatic heterocycles. The lowest BCUT2D eigenvalue weighted by molar-refractivity contribution is -0.137. The molecule has 0 aliphatic carbocycles. The molecule has 1 atom stereocenters. The zero-order valence-electron chi connectivity index (χ0n) is 17.3. The number of methoxy groups -OCH3 is 1. The molecule has 162 valence electrons. The van der Waals surface area contributed by atoms with E-state index >= 15 is 0 Å². The standard InChI is InChI=1S/C22H27BrN2O4S/c1-3-24(15-17-6-10-20(29-2)11-7-17)22(26)18-5-4-14-25(16-18)30(27,28)21-12-8-19(23)9-13-21/h6-13,18H,3-5,14-16H2,1-2H3. The molecule has 0 N–H and O–H groups in total. The van der Waals surface area contributed by atoms with Crippen molar-refractivity contribution in [2.24, 2.45) is 5.92 Å². The van der Waals surface area contributed by atoms with Crippen LogP contribution in [-0.4, -0.2) is 50.3 Å². The van der Waals surface area contributed by atoms with Gasteiger partial charge in [0.25, 0.3) is 0 Å². The van der Waals surface area contributed by atoms with Gasteiger partial charge >= 0.3 is 0 Å². The molecule has 0 spiro atoms. The summed E-state index contributed by atoms with van der Waals surface area (Å²) in [7, 11) is -2.00. The van der Waals surface area contributed by atoms with Crippen LogP contribution in [0.4, 0.5) is 0 Å². The second-order valence-electron chi connectivity index (χ2n) is 7.36. The quantitative estimate of drug-likeness (QED) is 0.585. The largest absolute Gasteiger partial charge is 0.497 e. The molecule has 0 bridgehead atoms. The van der Waals surface area contributed by atoms with Crippen molar-refractivity contribution in [2.45, 2.75) is 31.2 Å². The SMILES string of the molecule is CCN(Cc1ccc(OC)cc1)C(=O)C1CCCN(S(=O)(=O)c2ccc(Br)cc2)C1. The van der Waals surface area contributed by atoms with Crippen LogP contribution < -0.4 is 4.74 Å². The molecule has 1 heterocycles. The summed E-state index contributed by atoms with van der Waals surface area (Å²) in [6.07, 6.45) is 1.37. The maximum absolute atomic E-state index is 13.2. The van der Waals surface area contributed by atoms with E-state index in [-0.39, 0.29) is 23.3 Å². The van der Waals surface area contributed by atoms with Gasteiger partial charge in [-0.2, -0.15) is 4.31 Å². The average Bonchev–Trinajstić information content (AvgIpc) is 2.78. The summed E-state index contributed by atoms with van der Waals surface area (Å²) >= 11 is 3.33. The van der Waals surface area contributed by atoms with Gasteiger partial charge in [-0.1, -0.05) is 28.1 Å². The Labute approximate surface area is 187 Å². The molecule has 1 saturated heterocycles. The molecule has 1 unspecified atom stereocenters. The Morgan fingerprint density at radius 1 is 1.17 bits per heavy atom. The van der Waals surface area contributed by atoms with Crippen molar-refractivity contribution in [3.8, 4) is 5.75 Å². The van der Waals surface area contributed by atoms with Gasteiger partial charge < -0.3 is 9.64 Å². The number of sulfonamides is 1. The predicted molar refractivity (Wildman–Crippen MR) is 120 cm³/mol. The molecule has 6 nitrogen and oxygen atoms in total. The van der Waals surface area contributed by atoms with Gasteiger partial charge in [0, 0.05) is 30.7 Å². The molecule has 2 aromatic rings. The minimum Gasteiger partial charge on any atom is -0.497 e. The molecule has 1 amide bonds. The summed E-state index contributed by atoms with van der Waals surface area (Å²) in [6, 6.07) is 14.3. The van der Waals surface area contributed by atoms with E-state index in [1.807, 2.05) is 31.2 Å². The first-order valence-electron chi connectivity index (χ1n) is 10.0. The summed E-state index contributed by atoms with van der Waals surface area (Å²) in [5, 5.41) is 0. The zero-order valence-corrected chi connectivity index (χ0v) is 19.7. The first kappa shape index (κ1) is 22.8. The highest BCUT2D eigenvalue weighted by Gasteiger charge is 2.34. The Hall–Kier alpha value is -1.90. The van der Waals surface area contributed by atoms with Crippen molar-refractivity contribution in [1.29, 1.82) is 0 Å². The van der Waals surface area contributed by atoms with Crippen molar-refractivity contribution in [2.75, 3.05) is 26.7 Å². The topological polar surface area (TPSA) is 66.9 Å². The van der Waals surface area contributed by atoms with Gasteiger partial charge in [0.1, 0.15) is 5.75 Å². The highest BCUT2D eigenvalue weighted by Crippen LogP contribution is 2.26. The molecule has 1 fully saturated rings. The number of ether oxygens (including phenoxy) is 1. The van der Waals surface area contributed by atoms with Crippen LogP contribution in [0.5, 0.6) is 5.75 Å². The average molecular weight is 495 g/mol. The van der Waals surface area contributed by atoms with Gasteiger partial charge in [-0.15, -0.1) is 0 Å². The third-order valence-corrected chi connectivity index (χ3v) is 7.82. The fourth-order valence-corrected chi connectivity index (χ4v) is 5.46. The summed E-state index contributed by atoms with van der Waals surface area (Å²) in [4.78, 5) is 15.2. The van der Waals surface area contributed by atoms with Crippen LogP contribution in [0.15, 0.2) is 57.9 Å². The number of hydrogen-bond donors (Lipinski definition) is 0. The minimum absolute atomic E-state index is 0.00373. The first-order chi connectivity index (χ1) is 14.3. The minimum atomic E-state index is -3.62. The molecule has 30 heavy (non-hydrogen) atoms. The number of carbonyl (C=O) groups is 1. The lowest BCUT2D eigenvalue weighted by atomic mass is 9.98. The van der Waals surface area contributed by atoms with Gasteiger partial charge in [-0.25, -0.2) is 8.42 Å². The van der Waals surface area contributed by atoms with Crippen LogP contribution in [0.1, 0.15) is 25.3 Å². The van der Waals surface area contributed by atoms with E-state index in [0.717, 1.165) is 15.8 Å². The molecule has 1 aliphatic heterocycles. The molecule has 3 rings (SSSR count). The van der Waals surface area contributed by atoms with Gasteiger partial charge in [0.2, 0.25) is 15.9 Å². The molecule has 0 saturated carbocycles. The van der Waals surface area contributed by atoms with Gasteiger partial charge in [-0.3, -0.25) is 4.79 Å². The Balaban J connectivity index is 1.71. The van der Waals surface area contributed by atoms with E-state index in [0.29, 0.717) is 32.5 Å². The summed E-state index contributed by atoms with van der Waals surface area (Å²) in [5.41, 5.74) is 1.01. The maximum atomic E-state index is 13.2. The van der Waals surface area contributed by atoms with E-state index in [4.69, 9.17) is 4.74 Å². The number of halogens is 1. The normalized spacial score (nSPS) is 17.5. The monoisotopic (exact) mass is 494 g/mol. The number of amides is 1. The number of benzene rings is 2. The first-order valence-corrected chi connectivity index (χ1v) is 12.3. The van der Waals surface area contributed by atoms with E-state index < -0.39 is 10.0 Å². The Morgan fingerprint density at radius 3 is 2.43 bits per heavy atom. The molecule has 2 aromatic carbocycles. The lowest BCUT2D eigenvalue weighted by Gasteiger charge is -2.34. The molecule has 0 radical (unpaired) electrons. The van der Waals surface area contributed by atoms with E-state index in [1.165, 1.54) is 4.31 Å². The maximum Gasteiger partial charge on any atom is 0.243 e. The highest BCUT2D eigenvalue weighted by atomic mass is 79.9. The van der Waals surface area contributed by atoms with Crippen LogP contribution in [0.2, 0.25) is 0 Å². The third kappa shape index (κ3) is 5.22. The van der Waals surface area contributed by atoms with Crippen LogP contribution in [-0.2, 0) is 21.4 Å². The van der Waals surface area contributed by atoms with Gasteiger partial charge in [-0.05, 0) is 61.7 Å². The van der Waals surface area contributed by atoms with E-state index in [2.05, 4.69) is 15.9 Å². The highest BCUT2D eigenvalue weighted by molar-refractivity contribution is 9.10. The fraction of sp³-hybridized carbons (Fsp3) is 0.409. The van der Waals surface area contributed by atoms with Crippen LogP contribution >= 0.6 is 15.9 Å². The van der Waals surface area contributed by atoms with E-state index in [9.17, 15) is 13.2 Å². The zero-order chi connectivity index (χ0) is 21.7. The summed E-state index contributed by atoms with van der Waals surface area (Å²) in [6.45, 7) is 3.67. The van der Waals surface area contributed by atoms with Crippen molar-refractivity contribution in [3.63, 3.8) is 0 Å². The number of piperidine rings is 1. The number of hydrogen-bond acceptors (Lipinski definition) is 4. The Morgan fingerprint density at radius 2 is 1.83 bits per heavy atom. The smallest absolute Gasteiger partial charge is 0.243 e. The number of rotatable bonds is 7. The van der Waals surface area contributed by atoms with Crippen LogP contribution in [0.3, 0.4) is 0 Å². The van der Waals surface area contributed by atoms with Crippen molar-refractivity contribution >= 4 is 31.9 Å². The van der Waals surface area contributed by atoms with Gasteiger partial charge in [0.05, 0.1) is 17.9 Å². The number of nitrogens with zero attached hydrogens (tertiary/aromatic N) is 2. The van der Waals surface area contributed by atoms with Crippen molar-refractivity contribution < 1.29 is 17.9 Å². The summed E-state index contributed by atoms with van der Waals surface area (Å²) < 4.78 is 33.5. The van der Waals surface area contributed by atoms with Crippen molar-refractivity contribution in [1.82, 2.24) is 9.21 Å². The lowest BCUT2D eigenvalue weighted by Crippen LogP contribution is -2.46. The second kappa shape index (κ2) is 9.94. The number of carbonyl (C=O) groups excluding carboxylic acids is 1. The predicted octanol–water partition coefficient (Wildman–Crippen LogP) is 3.91. The molecule has 1 aliphatic rings. The summed E-state index contributed by atoms with van der Waals surface area (Å²) in [5.74, 6) is 0.445. The second-order valence-corrected chi connectivity index (χ2v) is 10.2.